The predicted octanol–water partition coefficient (Wildman–Crippen LogP) is 4.17. The van der Waals surface area contributed by atoms with E-state index in [4.69, 9.17) is 9.72 Å². The first-order valence-corrected chi connectivity index (χ1v) is 12.1. The summed E-state index contributed by atoms with van der Waals surface area (Å²) >= 11 is 0. The summed E-state index contributed by atoms with van der Waals surface area (Å²) in [4.78, 5) is 20.4. The molecule has 1 aliphatic rings. The molecule has 0 saturated carbocycles. The highest BCUT2D eigenvalue weighted by molar-refractivity contribution is 6.04. The Balaban J connectivity index is 1.29. The van der Waals surface area contributed by atoms with E-state index in [-0.39, 0.29) is 5.91 Å². The summed E-state index contributed by atoms with van der Waals surface area (Å²) in [5.41, 5.74) is 4.36. The second-order valence-electron chi connectivity index (χ2n) is 8.69. The molecule has 8 nitrogen and oxygen atoms in total. The number of aryl methyl sites for hydroxylation is 1. The molecule has 8 heteroatoms. The van der Waals surface area contributed by atoms with Crippen LogP contribution in [0.2, 0.25) is 0 Å². The van der Waals surface area contributed by atoms with Gasteiger partial charge >= 0.3 is 0 Å². The zero-order valence-corrected chi connectivity index (χ0v) is 19.7. The molecule has 0 spiro atoms. The van der Waals surface area contributed by atoms with Crippen LogP contribution in [-0.2, 0) is 11.2 Å². The van der Waals surface area contributed by atoms with Crippen molar-refractivity contribution in [2.24, 2.45) is 0 Å². The molecule has 3 heterocycles. The first-order valence-electron chi connectivity index (χ1n) is 12.1. The fourth-order valence-electron chi connectivity index (χ4n) is 4.31. The molecule has 1 aliphatic heterocycles. The molecule has 5 rings (SSSR count). The highest BCUT2D eigenvalue weighted by Gasteiger charge is 2.15. The number of ether oxygens (including phenoxy) is 1. The Labute approximate surface area is 205 Å². The predicted molar refractivity (Wildman–Crippen MR) is 136 cm³/mol. The summed E-state index contributed by atoms with van der Waals surface area (Å²) in [6, 6.07) is 17.5. The Hall–Kier alpha value is -3.75. The minimum atomic E-state index is -0.197. The van der Waals surface area contributed by atoms with Gasteiger partial charge in [-0.15, -0.1) is 0 Å². The van der Waals surface area contributed by atoms with Crippen LogP contribution in [0.4, 0.5) is 5.95 Å². The third-order valence-electron chi connectivity index (χ3n) is 6.23. The minimum Gasteiger partial charge on any atom is -0.379 e. The number of rotatable bonds is 9. The molecule has 180 valence electrons. The molecular weight excluding hydrogens is 440 g/mol. The van der Waals surface area contributed by atoms with Crippen molar-refractivity contribution in [3.63, 3.8) is 0 Å². The summed E-state index contributed by atoms with van der Waals surface area (Å²) in [7, 11) is 0. The minimum absolute atomic E-state index is 0.197. The maximum Gasteiger partial charge on any atom is 0.258 e. The number of imidazole rings is 1. The first-order chi connectivity index (χ1) is 17.3. The molecule has 0 atom stereocenters. The van der Waals surface area contributed by atoms with E-state index < -0.39 is 0 Å². The van der Waals surface area contributed by atoms with Gasteiger partial charge in [-0.2, -0.15) is 5.10 Å². The zero-order chi connectivity index (χ0) is 23.9. The van der Waals surface area contributed by atoms with E-state index in [2.05, 4.69) is 20.4 Å². The van der Waals surface area contributed by atoms with Gasteiger partial charge in [-0.1, -0.05) is 30.3 Å². The highest BCUT2D eigenvalue weighted by atomic mass is 16.5. The number of carbonyl (C=O) groups is 1. The van der Waals surface area contributed by atoms with Crippen LogP contribution in [0.1, 0.15) is 28.9 Å². The molecule has 4 aromatic rings. The topological polar surface area (TPSA) is 88.1 Å². The summed E-state index contributed by atoms with van der Waals surface area (Å²) in [6.07, 6.45) is 8.60. The zero-order valence-electron chi connectivity index (χ0n) is 19.7. The highest BCUT2D eigenvalue weighted by Crippen LogP contribution is 2.22. The van der Waals surface area contributed by atoms with E-state index in [1.807, 2.05) is 65.5 Å². The SMILES string of the molecule is O=C(Nc1nc(CCCCN2CCOCC2)cn1-c1ccccc1)c1cccc(-c2cn[nH]c2)c1. The number of aromatic nitrogens is 4. The van der Waals surface area contributed by atoms with E-state index in [0.29, 0.717) is 11.5 Å². The molecule has 2 aromatic heterocycles. The van der Waals surface area contributed by atoms with E-state index in [1.54, 1.807) is 12.3 Å². The third kappa shape index (κ3) is 5.85. The van der Waals surface area contributed by atoms with Gasteiger partial charge in [0.25, 0.3) is 5.91 Å². The number of hydrogen-bond acceptors (Lipinski definition) is 5. The number of anilines is 1. The number of morpholine rings is 1. The number of aromatic amines is 1. The third-order valence-corrected chi connectivity index (χ3v) is 6.23. The van der Waals surface area contributed by atoms with Crippen LogP contribution in [0.3, 0.4) is 0 Å². The smallest absolute Gasteiger partial charge is 0.258 e. The lowest BCUT2D eigenvalue weighted by atomic mass is 10.1. The summed E-state index contributed by atoms with van der Waals surface area (Å²) in [5.74, 6) is 0.329. The average Bonchev–Trinajstić information content (AvgIpc) is 3.59. The largest absolute Gasteiger partial charge is 0.379 e. The van der Waals surface area contributed by atoms with Gasteiger partial charge in [0, 0.05) is 42.3 Å². The Morgan fingerprint density at radius 1 is 1.03 bits per heavy atom. The van der Waals surface area contributed by atoms with Crippen LogP contribution in [0.25, 0.3) is 16.8 Å². The van der Waals surface area contributed by atoms with E-state index in [9.17, 15) is 4.79 Å². The maximum absolute atomic E-state index is 13.2. The number of nitrogens with one attached hydrogen (secondary N) is 2. The van der Waals surface area contributed by atoms with Gasteiger partial charge < -0.3 is 4.74 Å². The lowest BCUT2D eigenvalue weighted by Crippen LogP contribution is -2.36. The average molecular weight is 471 g/mol. The monoisotopic (exact) mass is 470 g/mol. The molecule has 0 radical (unpaired) electrons. The summed E-state index contributed by atoms with van der Waals surface area (Å²) in [6.45, 7) is 4.77. The van der Waals surface area contributed by atoms with Gasteiger partial charge in [-0.25, -0.2) is 4.98 Å². The molecule has 2 aromatic carbocycles. The molecule has 1 fully saturated rings. The van der Waals surface area contributed by atoms with E-state index >= 15 is 0 Å². The van der Waals surface area contributed by atoms with Crippen LogP contribution < -0.4 is 5.32 Å². The molecule has 0 bridgehead atoms. The van der Waals surface area contributed by atoms with Crippen molar-refractivity contribution >= 4 is 11.9 Å². The number of unbranched alkanes of at least 4 members (excludes halogenated alkanes) is 1. The lowest BCUT2D eigenvalue weighted by Gasteiger charge is -2.26. The quantitative estimate of drug-likeness (QED) is 0.359. The van der Waals surface area contributed by atoms with Crippen molar-refractivity contribution in [1.29, 1.82) is 0 Å². The molecule has 0 unspecified atom stereocenters. The molecule has 1 amide bonds. The van der Waals surface area contributed by atoms with Crippen LogP contribution in [0.15, 0.2) is 73.2 Å². The van der Waals surface area contributed by atoms with E-state index in [0.717, 1.165) is 74.6 Å². The van der Waals surface area contributed by atoms with Gasteiger partial charge in [-0.3, -0.25) is 24.7 Å². The standard InChI is InChI=1S/C27H30N6O2/c34-26(22-8-6-7-21(17-22)23-18-28-29-19-23)31-27-30-24(20-33(27)25-10-2-1-3-11-25)9-4-5-12-32-13-15-35-16-14-32/h1-3,6-8,10-11,17-20H,4-5,9,12-16H2,(H,28,29)(H,30,31,34). The number of benzene rings is 2. The molecule has 0 aliphatic carbocycles. The first kappa shape index (κ1) is 23.0. The van der Waals surface area contributed by atoms with Gasteiger partial charge in [0.05, 0.1) is 25.1 Å². The van der Waals surface area contributed by atoms with Crippen LogP contribution in [0.5, 0.6) is 0 Å². The fraction of sp³-hybridized carbons (Fsp3) is 0.296. The Morgan fingerprint density at radius 3 is 2.69 bits per heavy atom. The van der Waals surface area contributed by atoms with Gasteiger partial charge in [0.15, 0.2) is 0 Å². The van der Waals surface area contributed by atoms with Gasteiger partial charge in [0.1, 0.15) is 0 Å². The maximum atomic E-state index is 13.2. The Morgan fingerprint density at radius 2 is 1.89 bits per heavy atom. The number of carbonyl (C=O) groups excluding carboxylic acids is 1. The summed E-state index contributed by atoms with van der Waals surface area (Å²) in [5, 5.41) is 9.84. The number of para-hydroxylation sites is 1. The number of amides is 1. The van der Waals surface area contributed by atoms with Crippen molar-refractivity contribution in [3.8, 4) is 16.8 Å². The second kappa shape index (κ2) is 11.1. The molecular formula is C27H30N6O2. The van der Waals surface area contributed by atoms with Crippen LogP contribution >= 0.6 is 0 Å². The van der Waals surface area contributed by atoms with Crippen molar-refractivity contribution in [3.05, 3.63) is 84.4 Å². The van der Waals surface area contributed by atoms with Gasteiger partial charge in [0.2, 0.25) is 5.95 Å². The van der Waals surface area contributed by atoms with Crippen molar-refractivity contribution in [1.82, 2.24) is 24.6 Å². The normalized spacial score (nSPS) is 14.2. The van der Waals surface area contributed by atoms with Gasteiger partial charge in [-0.05, 0) is 55.6 Å². The Bertz CT molecular complexity index is 1230. The van der Waals surface area contributed by atoms with Crippen LogP contribution in [0, 0.1) is 0 Å². The lowest BCUT2D eigenvalue weighted by molar-refractivity contribution is 0.0372. The Kier molecular flexibility index (Phi) is 7.31. The van der Waals surface area contributed by atoms with E-state index in [1.165, 1.54) is 0 Å². The second-order valence-corrected chi connectivity index (χ2v) is 8.69. The van der Waals surface area contributed by atoms with Crippen molar-refractivity contribution in [2.75, 3.05) is 38.2 Å². The van der Waals surface area contributed by atoms with Crippen molar-refractivity contribution in [2.45, 2.75) is 19.3 Å². The summed E-state index contributed by atoms with van der Waals surface area (Å²) < 4.78 is 7.38. The number of nitrogens with zero attached hydrogens (tertiary/aromatic N) is 4. The molecule has 1 saturated heterocycles. The van der Waals surface area contributed by atoms with Crippen LogP contribution in [-0.4, -0.2) is 63.4 Å². The molecule has 35 heavy (non-hydrogen) atoms. The van der Waals surface area contributed by atoms with Crippen molar-refractivity contribution < 1.29 is 9.53 Å². The fourth-order valence-corrected chi connectivity index (χ4v) is 4.31. The number of H-pyrrole nitrogens is 1. The number of hydrogen-bond donors (Lipinski definition) is 2. The molecule has 2 N–H and O–H groups in total.